The Morgan fingerprint density at radius 2 is 1.48 bits per heavy atom. The Balaban J connectivity index is 1.82. The number of aryl methyl sites for hydroxylation is 2. The Bertz CT molecular complexity index is 956. The molecular weight excluding hydrogens is 350 g/mol. The van der Waals surface area contributed by atoms with E-state index in [1.165, 1.54) is 16.0 Å². The van der Waals surface area contributed by atoms with E-state index in [1.807, 2.05) is 55.5 Å². The molecule has 0 aliphatic carbocycles. The summed E-state index contributed by atoms with van der Waals surface area (Å²) in [5.74, 6) is 0.000447. The molecule has 3 heteroatoms. The number of anilines is 1. The Labute approximate surface area is 165 Å². The fourth-order valence-corrected chi connectivity index (χ4v) is 3.91. The maximum absolute atomic E-state index is 12.4. The second-order valence-corrected chi connectivity index (χ2v) is 7.55. The van der Waals surface area contributed by atoms with Gasteiger partial charge in [0.25, 0.3) is 0 Å². The first-order valence-electron chi connectivity index (χ1n) is 8.92. The van der Waals surface area contributed by atoms with Crippen molar-refractivity contribution >= 4 is 23.2 Å². The average Bonchev–Trinajstić information content (AvgIpc) is 2.66. The molecular formula is C24H23NOS. The molecule has 0 saturated heterocycles. The Morgan fingerprint density at radius 3 is 2.19 bits per heavy atom. The summed E-state index contributed by atoms with van der Waals surface area (Å²) in [7, 11) is 0. The molecule has 3 rings (SSSR count). The Hall–Kier alpha value is -2.78. The first kappa shape index (κ1) is 19.0. The summed E-state index contributed by atoms with van der Waals surface area (Å²) in [6.45, 7) is 6.19. The third kappa shape index (κ3) is 4.89. The van der Waals surface area contributed by atoms with Crippen LogP contribution in [-0.2, 0) is 0 Å². The molecule has 0 fully saturated rings. The molecule has 0 radical (unpaired) electrons. The minimum absolute atomic E-state index is 0.000447. The molecule has 27 heavy (non-hydrogen) atoms. The summed E-state index contributed by atoms with van der Waals surface area (Å²) in [4.78, 5) is 14.8. The molecule has 0 heterocycles. The van der Waals surface area contributed by atoms with Gasteiger partial charge in [0.1, 0.15) is 0 Å². The third-order valence-electron chi connectivity index (χ3n) is 4.25. The van der Waals surface area contributed by atoms with Crippen molar-refractivity contribution in [2.24, 2.45) is 0 Å². The van der Waals surface area contributed by atoms with Crippen LogP contribution in [0.25, 0.3) is 0 Å². The molecule has 0 aromatic heterocycles. The summed E-state index contributed by atoms with van der Waals surface area (Å²) < 4.78 is 0. The van der Waals surface area contributed by atoms with E-state index in [0.29, 0.717) is 5.56 Å². The van der Waals surface area contributed by atoms with Crippen LogP contribution in [-0.4, -0.2) is 5.78 Å². The van der Waals surface area contributed by atoms with Crippen LogP contribution in [0.3, 0.4) is 0 Å². The lowest BCUT2D eigenvalue weighted by molar-refractivity contribution is 0.104. The smallest absolute Gasteiger partial charge is 0.187 e. The van der Waals surface area contributed by atoms with Crippen LogP contribution in [0.2, 0.25) is 0 Å². The van der Waals surface area contributed by atoms with Gasteiger partial charge >= 0.3 is 0 Å². The van der Waals surface area contributed by atoms with Crippen molar-refractivity contribution in [3.05, 3.63) is 101 Å². The summed E-state index contributed by atoms with van der Waals surface area (Å²) >= 11 is 1.75. The van der Waals surface area contributed by atoms with Gasteiger partial charge in [0.15, 0.2) is 5.78 Å². The number of hydrogen-bond donors (Lipinski definition) is 1. The van der Waals surface area contributed by atoms with Crippen LogP contribution >= 0.6 is 11.8 Å². The second-order valence-electron chi connectivity index (χ2n) is 6.50. The normalized spacial score (nSPS) is 11.3. The van der Waals surface area contributed by atoms with Gasteiger partial charge in [-0.1, -0.05) is 72.4 Å². The number of rotatable bonds is 6. The van der Waals surface area contributed by atoms with E-state index in [9.17, 15) is 4.79 Å². The van der Waals surface area contributed by atoms with E-state index >= 15 is 0 Å². The standard InChI is InChI=1S/C24H23NOS/c1-17-10-9-11-18(2)24(17)27-23-15-8-7-14-21(23)25-19(3)16-22(26)20-12-5-4-6-13-20/h4-16,25H,1-3H3/b19-16-. The largest absolute Gasteiger partial charge is 0.358 e. The molecule has 0 unspecified atom stereocenters. The monoisotopic (exact) mass is 373 g/mol. The lowest BCUT2D eigenvalue weighted by atomic mass is 10.1. The van der Waals surface area contributed by atoms with Gasteiger partial charge < -0.3 is 5.32 Å². The molecule has 0 spiro atoms. The number of hydrogen-bond acceptors (Lipinski definition) is 3. The van der Waals surface area contributed by atoms with Crippen molar-refractivity contribution in [2.45, 2.75) is 30.6 Å². The number of carbonyl (C=O) groups is 1. The molecule has 0 atom stereocenters. The van der Waals surface area contributed by atoms with Crippen molar-refractivity contribution in [2.75, 3.05) is 5.32 Å². The van der Waals surface area contributed by atoms with E-state index in [2.05, 4.69) is 43.4 Å². The SMILES string of the molecule is C/C(=C/C(=O)c1ccccc1)Nc1ccccc1Sc1c(C)cccc1C. The van der Waals surface area contributed by atoms with Crippen molar-refractivity contribution in [1.29, 1.82) is 0 Å². The lowest BCUT2D eigenvalue weighted by Gasteiger charge is -2.14. The molecule has 3 aromatic rings. The second kappa shape index (κ2) is 8.74. The van der Waals surface area contributed by atoms with Gasteiger partial charge in [-0.05, 0) is 44.0 Å². The number of ketones is 1. The van der Waals surface area contributed by atoms with Gasteiger partial charge in [0.05, 0.1) is 5.69 Å². The van der Waals surface area contributed by atoms with Gasteiger partial charge in [-0.15, -0.1) is 0 Å². The minimum Gasteiger partial charge on any atom is -0.358 e. The fraction of sp³-hybridized carbons (Fsp3) is 0.125. The zero-order chi connectivity index (χ0) is 19.2. The van der Waals surface area contributed by atoms with Crippen LogP contribution in [0.1, 0.15) is 28.4 Å². The number of benzene rings is 3. The molecule has 0 aliphatic rings. The van der Waals surface area contributed by atoms with E-state index in [4.69, 9.17) is 0 Å². The van der Waals surface area contributed by atoms with Crippen molar-refractivity contribution < 1.29 is 4.79 Å². The number of para-hydroxylation sites is 1. The van der Waals surface area contributed by atoms with Crippen molar-refractivity contribution in [3.8, 4) is 0 Å². The Morgan fingerprint density at radius 1 is 0.852 bits per heavy atom. The Kier molecular flexibility index (Phi) is 6.15. The first-order chi connectivity index (χ1) is 13.0. The molecule has 0 aliphatic heterocycles. The topological polar surface area (TPSA) is 29.1 Å². The van der Waals surface area contributed by atoms with E-state index in [-0.39, 0.29) is 5.78 Å². The van der Waals surface area contributed by atoms with E-state index in [0.717, 1.165) is 16.3 Å². The molecule has 1 N–H and O–H groups in total. The van der Waals surface area contributed by atoms with Crippen molar-refractivity contribution in [3.63, 3.8) is 0 Å². The van der Waals surface area contributed by atoms with Gasteiger partial charge in [-0.25, -0.2) is 0 Å². The minimum atomic E-state index is 0.000447. The highest BCUT2D eigenvalue weighted by Gasteiger charge is 2.09. The van der Waals surface area contributed by atoms with Crippen LogP contribution < -0.4 is 5.32 Å². The maximum atomic E-state index is 12.4. The molecule has 136 valence electrons. The summed E-state index contributed by atoms with van der Waals surface area (Å²) in [6.07, 6.45) is 1.65. The quantitative estimate of drug-likeness (QED) is 0.387. The highest BCUT2D eigenvalue weighted by atomic mass is 32.2. The zero-order valence-corrected chi connectivity index (χ0v) is 16.6. The van der Waals surface area contributed by atoms with Gasteiger partial charge in [0.2, 0.25) is 0 Å². The molecule has 0 bridgehead atoms. The molecule has 3 aromatic carbocycles. The number of allylic oxidation sites excluding steroid dienone is 2. The number of nitrogens with one attached hydrogen (secondary N) is 1. The van der Waals surface area contributed by atoms with E-state index in [1.54, 1.807) is 17.8 Å². The average molecular weight is 374 g/mol. The third-order valence-corrected chi connectivity index (χ3v) is 5.67. The summed E-state index contributed by atoms with van der Waals surface area (Å²) in [5.41, 5.74) is 5.04. The molecule has 0 amide bonds. The summed E-state index contributed by atoms with van der Waals surface area (Å²) in [5, 5.41) is 3.39. The number of carbonyl (C=O) groups excluding carboxylic acids is 1. The predicted octanol–water partition coefficient (Wildman–Crippen LogP) is 6.65. The first-order valence-corrected chi connectivity index (χ1v) is 9.74. The van der Waals surface area contributed by atoms with Crippen molar-refractivity contribution in [1.82, 2.24) is 0 Å². The predicted molar refractivity (Wildman–Crippen MR) is 115 cm³/mol. The summed E-state index contributed by atoms with van der Waals surface area (Å²) in [6, 6.07) is 23.9. The van der Waals surface area contributed by atoms with Crippen LogP contribution in [0, 0.1) is 13.8 Å². The van der Waals surface area contributed by atoms with Gasteiger partial charge in [-0.3, -0.25) is 4.79 Å². The molecule has 0 saturated carbocycles. The highest BCUT2D eigenvalue weighted by Crippen LogP contribution is 2.37. The van der Waals surface area contributed by atoms with E-state index < -0.39 is 0 Å². The molecule has 2 nitrogen and oxygen atoms in total. The fourth-order valence-electron chi connectivity index (χ4n) is 2.86. The zero-order valence-electron chi connectivity index (χ0n) is 15.8. The lowest BCUT2D eigenvalue weighted by Crippen LogP contribution is -2.02. The van der Waals surface area contributed by atoms with Crippen LogP contribution in [0.5, 0.6) is 0 Å². The maximum Gasteiger partial charge on any atom is 0.187 e. The van der Waals surface area contributed by atoms with Crippen LogP contribution in [0.4, 0.5) is 5.69 Å². The van der Waals surface area contributed by atoms with Crippen LogP contribution in [0.15, 0.2) is 94.4 Å². The highest BCUT2D eigenvalue weighted by molar-refractivity contribution is 7.99. The van der Waals surface area contributed by atoms with Gasteiger partial charge in [-0.2, -0.15) is 0 Å². The van der Waals surface area contributed by atoms with Gasteiger partial charge in [0, 0.05) is 27.1 Å².